The summed E-state index contributed by atoms with van der Waals surface area (Å²) >= 11 is 1.25. The Hall–Kier alpha value is -3.66. The van der Waals surface area contributed by atoms with Crippen LogP contribution < -0.4 is 15.4 Å². The van der Waals surface area contributed by atoms with Crippen molar-refractivity contribution in [1.29, 1.82) is 0 Å². The van der Waals surface area contributed by atoms with Gasteiger partial charge in [0.1, 0.15) is 17.4 Å². The maximum absolute atomic E-state index is 13.8. The summed E-state index contributed by atoms with van der Waals surface area (Å²) in [5, 5.41) is 14.5. The number of nitrogens with one attached hydrogen (secondary N) is 2. The molecule has 10 heteroatoms. The number of amides is 2. The predicted molar refractivity (Wildman–Crippen MR) is 130 cm³/mol. The molecule has 0 saturated carbocycles. The summed E-state index contributed by atoms with van der Waals surface area (Å²) in [6.07, 6.45) is 2.09. The molecule has 0 aliphatic heterocycles. The van der Waals surface area contributed by atoms with Gasteiger partial charge in [0.05, 0.1) is 17.9 Å². The van der Waals surface area contributed by atoms with Crippen LogP contribution in [0.3, 0.4) is 0 Å². The number of aromatic nitrogens is 3. The molecule has 8 nitrogen and oxygen atoms in total. The van der Waals surface area contributed by atoms with Gasteiger partial charge in [-0.25, -0.2) is 4.39 Å². The minimum Gasteiger partial charge on any atom is -0.494 e. The van der Waals surface area contributed by atoms with Crippen molar-refractivity contribution in [3.05, 3.63) is 78.4 Å². The van der Waals surface area contributed by atoms with E-state index in [1.54, 1.807) is 36.4 Å². The fourth-order valence-corrected chi connectivity index (χ4v) is 3.85. The third kappa shape index (κ3) is 6.92. The van der Waals surface area contributed by atoms with Gasteiger partial charge in [-0.2, -0.15) is 0 Å². The fraction of sp³-hybridized carbons (Fsp3) is 0.250. The predicted octanol–water partition coefficient (Wildman–Crippen LogP) is 3.71. The van der Waals surface area contributed by atoms with Crippen LogP contribution in [0.4, 0.5) is 10.1 Å². The number of anilines is 1. The Bertz CT molecular complexity index is 1130. The third-order valence-electron chi connectivity index (χ3n) is 4.64. The normalized spacial score (nSPS) is 10.5. The highest BCUT2D eigenvalue weighted by molar-refractivity contribution is 7.99. The Kier molecular flexibility index (Phi) is 9.21. The zero-order valence-electron chi connectivity index (χ0n) is 18.8. The largest absolute Gasteiger partial charge is 0.494 e. The molecule has 0 fully saturated rings. The molecule has 2 aromatic carbocycles. The lowest BCUT2D eigenvalue weighted by molar-refractivity contribution is -0.113. The molecule has 0 bridgehead atoms. The third-order valence-corrected chi connectivity index (χ3v) is 5.61. The van der Waals surface area contributed by atoms with E-state index in [2.05, 4.69) is 27.4 Å². The van der Waals surface area contributed by atoms with Gasteiger partial charge in [0.2, 0.25) is 5.91 Å². The van der Waals surface area contributed by atoms with Gasteiger partial charge in [0, 0.05) is 25.2 Å². The van der Waals surface area contributed by atoms with Crippen LogP contribution in [-0.2, 0) is 17.8 Å². The molecule has 0 saturated heterocycles. The Morgan fingerprint density at radius 2 is 1.94 bits per heavy atom. The number of hydrogen-bond acceptors (Lipinski definition) is 6. The molecular formula is C24H26FN5O3S. The summed E-state index contributed by atoms with van der Waals surface area (Å²) < 4.78 is 21.0. The molecule has 3 aromatic rings. The second-order valence-corrected chi connectivity index (χ2v) is 8.02. The highest BCUT2D eigenvalue weighted by Crippen LogP contribution is 2.19. The minimum absolute atomic E-state index is 0.00940. The first-order valence-corrected chi connectivity index (χ1v) is 11.7. The fourth-order valence-electron chi connectivity index (χ4n) is 3.08. The average Bonchev–Trinajstić information content (AvgIpc) is 3.21. The van der Waals surface area contributed by atoms with Crippen molar-refractivity contribution in [3.8, 4) is 5.75 Å². The molecule has 3 rings (SSSR count). The van der Waals surface area contributed by atoms with E-state index in [9.17, 15) is 14.0 Å². The second-order valence-electron chi connectivity index (χ2n) is 7.08. The molecule has 0 atom stereocenters. The molecule has 0 aliphatic carbocycles. The Morgan fingerprint density at radius 1 is 1.18 bits per heavy atom. The molecule has 34 heavy (non-hydrogen) atoms. The number of allylic oxidation sites excluding steroid dienone is 1. The molecular weight excluding hydrogens is 457 g/mol. The van der Waals surface area contributed by atoms with Crippen molar-refractivity contribution in [2.24, 2.45) is 0 Å². The van der Waals surface area contributed by atoms with Crippen LogP contribution in [0.1, 0.15) is 23.1 Å². The maximum Gasteiger partial charge on any atom is 0.254 e. The quantitative estimate of drug-likeness (QED) is 0.301. The van der Waals surface area contributed by atoms with E-state index in [-0.39, 0.29) is 23.8 Å². The van der Waals surface area contributed by atoms with E-state index in [4.69, 9.17) is 4.74 Å². The molecule has 0 radical (unpaired) electrons. The summed E-state index contributed by atoms with van der Waals surface area (Å²) in [6.45, 7) is 6.95. The first-order chi connectivity index (χ1) is 16.5. The lowest BCUT2D eigenvalue weighted by atomic mass is 10.2. The van der Waals surface area contributed by atoms with E-state index < -0.39 is 11.7 Å². The molecule has 1 aromatic heterocycles. The van der Waals surface area contributed by atoms with E-state index in [1.807, 2.05) is 11.5 Å². The van der Waals surface area contributed by atoms with Gasteiger partial charge < -0.3 is 19.9 Å². The van der Waals surface area contributed by atoms with Gasteiger partial charge in [-0.15, -0.1) is 16.8 Å². The molecule has 0 spiro atoms. The molecule has 2 N–H and O–H groups in total. The number of carbonyl (C=O) groups is 2. The van der Waals surface area contributed by atoms with Gasteiger partial charge in [-0.05, 0) is 43.3 Å². The average molecular weight is 484 g/mol. The van der Waals surface area contributed by atoms with Crippen molar-refractivity contribution in [1.82, 2.24) is 20.1 Å². The zero-order chi connectivity index (χ0) is 24.3. The highest BCUT2D eigenvalue weighted by Gasteiger charge is 2.15. The van der Waals surface area contributed by atoms with Gasteiger partial charge in [-0.1, -0.05) is 30.0 Å². The van der Waals surface area contributed by atoms with E-state index in [0.717, 1.165) is 5.75 Å². The van der Waals surface area contributed by atoms with Crippen LogP contribution in [0, 0.1) is 5.82 Å². The number of nitrogens with zero attached hydrogens (tertiary/aromatic N) is 3. The van der Waals surface area contributed by atoms with Gasteiger partial charge in [0.25, 0.3) is 5.91 Å². The molecule has 0 aliphatic rings. The van der Waals surface area contributed by atoms with Crippen LogP contribution in [-0.4, -0.2) is 45.5 Å². The zero-order valence-corrected chi connectivity index (χ0v) is 19.6. The number of hydrogen-bond donors (Lipinski definition) is 2. The van der Waals surface area contributed by atoms with Crippen molar-refractivity contribution in [2.45, 2.75) is 25.0 Å². The summed E-state index contributed by atoms with van der Waals surface area (Å²) in [6, 6.07) is 13.0. The van der Waals surface area contributed by atoms with Gasteiger partial charge in [-0.3, -0.25) is 9.59 Å². The van der Waals surface area contributed by atoms with Crippen LogP contribution in [0.15, 0.2) is 66.3 Å². The van der Waals surface area contributed by atoms with E-state index in [1.165, 1.54) is 30.0 Å². The van der Waals surface area contributed by atoms with Crippen LogP contribution in [0.25, 0.3) is 0 Å². The Balaban J connectivity index is 1.53. The van der Waals surface area contributed by atoms with Crippen molar-refractivity contribution >= 4 is 29.3 Å². The smallest absolute Gasteiger partial charge is 0.254 e. The summed E-state index contributed by atoms with van der Waals surface area (Å²) in [5.41, 5.74) is 0.665. The lowest BCUT2D eigenvalue weighted by Gasteiger charge is -2.09. The maximum atomic E-state index is 13.8. The van der Waals surface area contributed by atoms with Crippen LogP contribution in [0.5, 0.6) is 5.75 Å². The Labute approximate surface area is 201 Å². The van der Waals surface area contributed by atoms with E-state index >= 15 is 0 Å². The number of ether oxygens (including phenoxy) is 1. The highest BCUT2D eigenvalue weighted by atomic mass is 32.2. The van der Waals surface area contributed by atoms with Crippen molar-refractivity contribution in [3.63, 3.8) is 0 Å². The van der Waals surface area contributed by atoms with Gasteiger partial charge in [0.15, 0.2) is 5.16 Å². The molecule has 178 valence electrons. The Morgan fingerprint density at radius 3 is 2.65 bits per heavy atom. The number of benzene rings is 2. The standard InChI is InChI=1S/C24H26FN5O3S/c1-3-15-30-21(13-14-26-23(32)19-7-5-6-8-20(19)25)28-29-24(30)34-16-22(31)27-17-9-11-18(12-10-17)33-4-2/h3,5-12H,1,4,13-16H2,2H3,(H,26,32)(H,27,31). The molecule has 0 unspecified atom stereocenters. The minimum atomic E-state index is -0.572. The topological polar surface area (TPSA) is 98.1 Å². The lowest BCUT2D eigenvalue weighted by Crippen LogP contribution is -2.27. The van der Waals surface area contributed by atoms with E-state index in [0.29, 0.717) is 36.2 Å². The number of thioether (sulfide) groups is 1. The van der Waals surface area contributed by atoms with Gasteiger partial charge >= 0.3 is 0 Å². The molecule has 2 amide bonds. The summed E-state index contributed by atoms with van der Waals surface area (Å²) in [4.78, 5) is 24.5. The summed E-state index contributed by atoms with van der Waals surface area (Å²) in [5.74, 6) is 0.270. The number of rotatable bonds is 12. The second kappa shape index (κ2) is 12.5. The van der Waals surface area contributed by atoms with Crippen LogP contribution in [0.2, 0.25) is 0 Å². The van der Waals surface area contributed by atoms with Crippen molar-refractivity contribution in [2.75, 3.05) is 24.2 Å². The van der Waals surface area contributed by atoms with Crippen LogP contribution >= 0.6 is 11.8 Å². The number of halogens is 1. The monoisotopic (exact) mass is 483 g/mol. The summed E-state index contributed by atoms with van der Waals surface area (Å²) in [7, 11) is 0. The first kappa shape index (κ1) is 25.0. The SMILES string of the molecule is C=CCn1c(CCNC(=O)c2ccccc2F)nnc1SCC(=O)Nc1ccc(OCC)cc1. The molecule has 1 heterocycles. The van der Waals surface area contributed by atoms with Crippen molar-refractivity contribution < 1.29 is 18.7 Å². The number of carbonyl (C=O) groups excluding carboxylic acids is 2. The first-order valence-electron chi connectivity index (χ1n) is 10.7.